The largest absolute Gasteiger partial charge is 0.396 e. The average molecular weight is 173 g/mol. The van der Waals surface area contributed by atoms with E-state index in [1.54, 1.807) is 0 Å². The highest BCUT2D eigenvalue weighted by Crippen LogP contribution is 2.28. The van der Waals surface area contributed by atoms with Crippen LogP contribution in [0.3, 0.4) is 0 Å². The zero-order valence-corrected chi connectivity index (χ0v) is 8.05. The maximum atomic E-state index is 9.28. The monoisotopic (exact) mass is 173 g/mol. The van der Waals surface area contributed by atoms with E-state index >= 15 is 0 Å². The van der Waals surface area contributed by atoms with E-state index in [0.717, 1.165) is 26.0 Å². The first-order chi connectivity index (χ1) is 5.68. The molecule has 3 heteroatoms. The van der Waals surface area contributed by atoms with Gasteiger partial charge in [-0.3, -0.25) is 0 Å². The number of aliphatic hydroxyl groups is 1. The Morgan fingerprint density at radius 1 is 1.50 bits per heavy atom. The van der Waals surface area contributed by atoms with Crippen molar-refractivity contribution in [1.82, 2.24) is 4.90 Å². The Bertz CT molecular complexity index is 130. The summed E-state index contributed by atoms with van der Waals surface area (Å²) in [5, 5.41) is 9.28. The summed E-state index contributed by atoms with van der Waals surface area (Å²) in [5.74, 6) is 0. The molecule has 1 aliphatic rings. The van der Waals surface area contributed by atoms with Crippen LogP contribution in [0, 0.1) is 5.41 Å². The lowest BCUT2D eigenvalue weighted by Crippen LogP contribution is -2.43. The highest BCUT2D eigenvalue weighted by Gasteiger charge is 2.32. The molecule has 1 atom stereocenters. The third kappa shape index (κ3) is 2.44. The molecule has 1 aliphatic heterocycles. The molecule has 0 aromatic carbocycles. The third-order valence-electron chi connectivity index (χ3n) is 2.39. The Kier molecular flexibility index (Phi) is 3.50. The number of nitrogens with zero attached hydrogens (tertiary/aromatic N) is 1. The van der Waals surface area contributed by atoms with Crippen LogP contribution in [0.2, 0.25) is 0 Å². The molecule has 0 radical (unpaired) electrons. The molecule has 3 nitrogen and oxygen atoms in total. The Hall–Kier alpha value is -0.120. The van der Waals surface area contributed by atoms with Gasteiger partial charge in [0.25, 0.3) is 0 Å². The Balaban J connectivity index is 2.48. The fraction of sp³-hybridized carbons (Fsp3) is 1.00. The molecule has 0 aromatic heterocycles. The molecule has 1 rings (SSSR count). The van der Waals surface area contributed by atoms with Gasteiger partial charge in [0, 0.05) is 18.6 Å². The quantitative estimate of drug-likeness (QED) is 0.668. The maximum Gasteiger partial charge on any atom is 0.0556 e. The van der Waals surface area contributed by atoms with Crippen LogP contribution in [0.15, 0.2) is 0 Å². The van der Waals surface area contributed by atoms with Gasteiger partial charge in [0.05, 0.1) is 13.2 Å². The number of ether oxygens (including phenoxy) is 1. The summed E-state index contributed by atoms with van der Waals surface area (Å²) in [7, 11) is 4.07. The van der Waals surface area contributed by atoms with Crippen LogP contribution in [0.1, 0.15) is 12.8 Å². The Morgan fingerprint density at radius 2 is 2.25 bits per heavy atom. The summed E-state index contributed by atoms with van der Waals surface area (Å²) in [6.45, 7) is 2.73. The number of aliphatic hydroxyl groups excluding tert-OH is 1. The van der Waals surface area contributed by atoms with Gasteiger partial charge in [-0.25, -0.2) is 0 Å². The summed E-state index contributed by atoms with van der Waals surface area (Å²) in [6.07, 6.45) is 2.16. The lowest BCUT2D eigenvalue weighted by molar-refractivity contribution is -0.0494. The van der Waals surface area contributed by atoms with E-state index in [-0.39, 0.29) is 12.0 Å². The molecule has 0 aliphatic carbocycles. The normalized spacial score (nSPS) is 31.0. The lowest BCUT2D eigenvalue weighted by Gasteiger charge is -2.37. The molecule has 0 aromatic rings. The van der Waals surface area contributed by atoms with Gasteiger partial charge in [-0.15, -0.1) is 0 Å². The first-order valence-electron chi connectivity index (χ1n) is 4.52. The van der Waals surface area contributed by atoms with E-state index in [9.17, 15) is 5.11 Å². The summed E-state index contributed by atoms with van der Waals surface area (Å²) < 4.78 is 5.39. The van der Waals surface area contributed by atoms with Crippen LogP contribution in [-0.4, -0.2) is 50.5 Å². The highest BCUT2D eigenvalue weighted by atomic mass is 16.5. The fourth-order valence-corrected chi connectivity index (χ4v) is 1.88. The van der Waals surface area contributed by atoms with Crippen molar-refractivity contribution in [2.75, 3.05) is 40.5 Å². The highest BCUT2D eigenvalue weighted by molar-refractivity contribution is 4.83. The van der Waals surface area contributed by atoms with Crippen LogP contribution in [-0.2, 0) is 4.74 Å². The Morgan fingerprint density at radius 3 is 2.67 bits per heavy atom. The number of hydrogen-bond donors (Lipinski definition) is 1. The van der Waals surface area contributed by atoms with E-state index in [1.807, 2.05) is 14.1 Å². The predicted octanol–water partition coefficient (Wildman–Crippen LogP) is 0.337. The van der Waals surface area contributed by atoms with E-state index in [2.05, 4.69) is 4.90 Å². The Labute approximate surface area is 74.3 Å². The van der Waals surface area contributed by atoms with Crippen molar-refractivity contribution in [3.05, 3.63) is 0 Å². The minimum Gasteiger partial charge on any atom is -0.396 e. The lowest BCUT2D eigenvalue weighted by atomic mass is 9.83. The fourth-order valence-electron chi connectivity index (χ4n) is 1.88. The van der Waals surface area contributed by atoms with E-state index in [0.29, 0.717) is 6.61 Å². The summed E-state index contributed by atoms with van der Waals surface area (Å²) >= 11 is 0. The first-order valence-corrected chi connectivity index (χ1v) is 4.52. The van der Waals surface area contributed by atoms with Crippen molar-refractivity contribution in [1.29, 1.82) is 0 Å². The molecule has 1 heterocycles. The van der Waals surface area contributed by atoms with Crippen molar-refractivity contribution in [3.8, 4) is 0 Å². The number of hydrogen-bond acceptors (Lipinski definition) is 3. The third-order valence-corrected chi connectivity index (χ3v) is 2.39. The van der Waals surface area contributed by atoms with Gasteiger partial charge in [0.1, 0.15) is 0 Å². The molecule has 0 amide bonds. The van der Waals surface area contributed by atoms with Gasteiger partial charge >= 0.3 is 0 Å². The minimum absolute atomic E-state index is 0.00174. The summed E-state index contributed by atoms with van der Waals surface area (Å²) in [5.41, 5.74) is 0.00174. The van der Waals surface area contributed by atoms with Crippen LogP contribution in [0.4, 0.5) is 0 Å². The molecule has 1 saturated heterocycles. The predicted molar refractivity (Wildman–Crippen MR) is 48.1 cm³/mol. The van der Waals surface area contributed by atoms with Crippen LogP contribution in [0.25, 0.3) is 0 Å². The molecule has 12 heavy (non-hydrogen) atoms. The zero-order valence-electron chi connectivity index (χ0n) is 8.05. The number of rotatable bonds is 3. The zero-order chi connectivity index (χ0) is 9.03. The second kappa shape index (κ2) is 4.21. The van der Waals surface area contributed by atoms with Gasteiger partial charge in [-0.2, -0.15) is 0 Å². The summed E-state index contributed by atoms with van der Waals surface area (Å²) in [6, 6.07) is 0. The molecule has 1 unspecified atom stereocenters. The van der Waals surface area contributed by atoms with Crippen molar-refractivity contribution in [2.24, 2.45) is 5.41 Å². The van der Waals surface area contributed by atoms with Crippen molar-refractivity contribution in [2.45, 2.75) is 12.8 Å². The molecule has 0 saturated carbocycles. The van der Waals surface area contributed by atoms with Crippen molar-refractivity contribution < 1.29 is 9.84 Å². The molecule has 72 valence electrons. The van der Waals surface area contributed by atoms with Gasteiger partial charge in [0.15, 0.2) is 0 Å². The standard InChI is InChI=1S/C9H19NO2/c1-10(2)6-9(7-11)4-3-5-12-8-9/h11H,3-8H2,1-2H3. The van der Waals surface area contributed by atoms with Crippen molar-refractivity contribution >= 4 is 0 Å². The van der Waals surface area contributed by atoms with Gasteiger partial charge in [-0.05, 0) is 26.9 Å². The second-order valence-electron chi connectivity index (χ2n) is 4.05. The van der Waals surface area contributed by atoms with Crippen LogP contribution < -0.4 is 0 Å². The molecular formula is C9H19NO2. The summed E-state index contributed by atoms with van der Waals surface area (Å²) in [4.78, 5) is 2.12. The molecule has 1 N–H and O–H groups in total. The molecular weight excluding hydrogens is 154 g/mol. The van der Waals surface area contributed by atoms with Crippen LogP contribution in [0.5, 0.6) is 0 Å². The second-order valence-corrected chi connectivity index (χ2v) is 4.05. The van der Waals surface area contributed by atoms with Gasteiger partial charge in [0.2, 0.25) is 0 Å². The van der Waals surface area contributed by atoms with Crippen LogP contribution >= 0.6 is 0 Å². The SMILES string of the molecule is CN(C)CC1(CO)CCCOC1. The first kappa shape index (κ1) is 9.96. The molecule has 0 spiro atoms. The smallest absolute Gasteiger partial charge is 0.0556 e. The van der Waals surface area contributed by atoms with Gasteiger partial charge < -0.3 is 14.7 Å². The van der Waals surface area contributed by atoms with E-state index < -0.39 is 0 Å². The molecule has 1 fully saturated rings. The molecule has 0 bridgehead atoms. The van der Waals surface area contributed by atoms with Crippen molar-refractivity contribution in [3.63, 3.8) is 0 Å². The van der Waals surface area contributed by atoms with E-state index in [1.165, 1.54) is 0 Å². The van der Waals surface area contributed by atoms with Gasteiger partial charge in [-0.1, -0.05) is 0 Å². The maximum absolute atomic E-state index is 9.28. The topological polar surface area (TPSA) is 32.7 Å². The minimum atomic E-state index is 0.00174. The van der Waals surface area contributed by atoms with E-state index in [4.69, 9.17) is 4.74 Å². The average Bonchev–Trinajstić information content (AvgIpc) is 2.05.